The van der Waals surface area contributed by atoms with Crippen molar-refractivity contribution in [1.82, 2.24) is 4.72 Å². The van der Waals surface area contributed by atoms with Crippen LogP contribution in [0.1, 0.15) is 10.4 Å². The Morgan fingerprint density at radius 2 is 1.86 bits per heavy atom. The van der Waals surface area contributed by atoms with Gasteiger partial charge in [0, 0.05) is 6.54 Å². The van der Waals surface area contributed by atoms with E-state index in [-0.39, 0.29) is 11.3 Å². The molecule has 0 aromatic heterocycles. The monoisotopic (exact) mass is 416 g/mol. The van der Waals surface area contributed by atoms with Gasteiger partial charge in [-0.2, -0.15) is 5.26 Å². The summed E-state index contributed by atoms with van der Waals surface area (Å²) in [6.07, 6.45) is -7.55. The predicted octanol–water partition coefficient (Wildman–Crippen LogP) is -1.90. The highest BCUT2D eigenvalue weighted by Gasteiger charge is 2.45. The van der Waals surface area contributed by atoms with Crippen LogP contribution in [0.4, 0.5) is 0 Å². The molecule has 2 rings (SSSR count). The molecule has 0 bridgehead atoms. The Balaban J connectivity index is 2.07. The molecule has 154 valence electrons. The summed E-state index contributed by atoms with van der Waals surface area (Å²) in [5.41, 5.74) is 0.264. The summed E-state index contributed by atoms with van der Waals surface area (Å²) in [6.45, 7) is -0.448. The van der Waals surface area contributed by atoms with Gasteiger partial charge >= 0.3 is 5.97 Å². The zero-order valence-electron chi connectivity index (χ0n) is 14.8. The fourth-order valence-electron chi connectivity index (χ4n) is 2.45. The molecule has 0 unspecified atom stereocenters. The summed E-state index contributed by atoms with van der Waals surface area (Å²) < 4.78 is 40.6. The summed E-state index contributed by atoms with van der Waals surface area (Å²) in [7, 11) is -2.68. The summed E-state index contributed by atoms with van der Waals surface area (Å²) >= 11 is 0. The highest BCUT2D eigenvalue weighted by atomic mass is 32.2. The molecule has 1 aliphatic heterocycles. The van der Waals surface area contributed by atoms with E-state index in [9.17, 15) is 28.5 Å². The van der Waals surface area contributed by atoms with Crippen LogP contribution in [0.2, 0.25) is 0 Å². The maximum atomic E-state index is 11.6. The van der Waals surface area contributed by atoms with Crippen LogP contribution in [-0.4, -0.2) is 79.8 Å². The fraction of sp³-hybridized carbons (Fsp3) is 0.500. The number of aliphatic hydroxyl groups excluding tert-OH is 3. The molecule has 1 aromatic carbocycles. The first-order chi connectivity index (χ1) is 13.2. The Morgan fingerprint density at radius 3 is 2.43 bits per heavy atom. The third-order valence-corrected chi connectivity index (χ3v) is 5.07. The quantitative estimate of drug-likeness (QED) is 0.367. The lowest BCUT2D eigenvalue weighted by atomic mass is 9.99. The van der Waals surface area contributed by atoms with Crippen molar-refractivity contribution < 1.29 is 42.7 Å². The van der Waals surface area contributed by atoms with Crippen LogP contribution in [-0.2, 0) is 19.5 Å². The van der Waals surface area contributed by atoms with E-state index >= 15 is 0 Å². The van der Waals surface area contributed by atoms with Crippen molar-refractivity contribution >= 4 is 16.0 Å². The van der Waals surface area contributed by atoms with E-state index < -0.39 is 59.0 Å². The number of carbonyl (C=O) groups is 1. The fourth-order valence-corrected chi connectivity index (χ4v) is 3.14. The first-order valence-corrected chi connectivity index (χ1v) is 9.72. The third-order valence-electron chi connectivity index (χ3n) is 3.96. The van der Waals surface area contributed by atoms with Crippen molar-refractivity contribution in [1.29, 1.82) is 5.26 Å². The molecule has 28 heavy (non-hydrogen) atoms. The molecular weight excluding hydrogens is 396 g/mol. The van der Waals surface area contributed by atoms with Gasteiger partial charge in [-0.05, 0) is 24.3 Å². The number of hydrogen-bond acceptors (Lipinski definition) is 10. The summed E-state index contributed by atoms with van der Waals surface area (Å²) in [5, 5.41) is 38.5. The van der Waals surface area contributed by atoms with E-state index in [1.54, 1.807) is 0 Å². The summed E-state index contributed by atoms with van der Waals surface area (Å²) in [6, 6.07) is 7.12. The lowest BCUT2D eigenvalue weighted by molar-refractivity contribution is -0.270. The minimum absolute atomic E-state index is 0.184. The van der Waals surface area contributed by atoms with E-state index in [1.807, 2.05) is 0 Å². The maximum absolute atomic E-state index is 11.6. The molecule has 0 radical (unpaired) electrons. The Kier molecular flexibility index (Phi) is 7.30. The molecule has 0 amide bonds. The van der Waals surface area contributed by atoms with Crippen molar-refractivity contribution in [2.45, 2.75) is 30.7 Å². The van der Waals surface area contributed by atoms with Crippen LogP contribution in [0.15, 0.2) is 24.3 Å². The van der Waals surface area contributed by atoms with E-state index in [2.05, 4.69) is 9.46 Å². The number of carbonyl (C=O) groups excluding carboxylic acids is 1. The number of nitrogens with zero attached hydrogens (tertiary/aromatic N) is 1. The van der Waals surface area contributed by atoms with Crippen molar-refractivity contribution in [3.63, 3.8) is 0 Å². The van der Waals surface area contributed by atoms with Crippen LogP contribution < -0.4 is 9.46 Å². The molecule has 11 nitrogen and oxygen atoms in total. The minimum Gasteiger partial charge on any atom is -0.465 e. The number of nitrogens with one attached hydrogen (secondary N) is 1. The van der Waals surface area contributed by atoms with Crippen LogP contribution in [0.3, 0.4) is 0 Å². The average Bonchev–Trinajstić information content (AvgIpc) is 2.67. The Labute approximate surface area is 161 Å². The number of esters is 1. The number of ether oxygens (including phenoxy) is 3. The first kappa shape index (κ1) is 22.0. The largest absolute Gasteiger partial charge is 0.465 e. The zero-order valence-corrected chi connectivity index (χ0v) is 15.6. The molecule has 5 atom stereocenters. The number of rotatable bonds is 7. The number of aliphatic hydroxyl groups is 3. The second-order valence-electron chi connectivity index (χ2n) is 5.91. The highest BCUT2D eigenvalue weighted by molar-refractivity contribution is 7.89. The molecule has 12 heteroatoms. The van der Waals surface area contributed by atoms with Crippen LogP contribution >= 0.6 is 0 Å². The summed E-state index contributed by atoms with van der Waals surface area (Å²) in [4.78, 5) is 11.4. The first-order valence-electron chi connectivity index (χ1n) is 8.07. The standard InChI is InChI=1S/C16H20N2O9S/c1-25-15(22)9-2-4-10(5-3-9)26-16-14(21)13(20)12(19)11(27-16)8-18-28(23,24)7-6-17/h2-5,11-14,16,18-21H,7-8H2,1H3/t11-,12-,13+,14+,16+/m1/s1. The number of hydrogen-bond donors (Lipinski definition) is 4. The van der Waals surface area contributed by atoms with Gasteiger partial charge in [-0.1, -0.05) is 0 Å². The van der Waals surface area contributed by atoms with Gasteiger partial charge < -0.3 is 29.5 Å². The van der Waals surface area contributed by atoms with Crippen molar-refractivity contribution in [2.75, 3.05) is 19.4 Å². The van der Waals surface area contributed by atoms with Crippen molar-refractivity contribution in [3.05, 3.63) is 29.8 Å². The summed E-state index contributed by atoms with van der Waals surface area (Å²) in [5.74, 6) is -1.15. The molecule has 0 aliphatic carbocycles. The predicted molar refractivity (Wildman–Crippen MR) is 92.5 cm³/mol. The average molecular weight is 416 g/mol. The molecule has 1 fully saturated rings. The van der Waals surface area contributed by atoms with Crippen molar-refractivity contribution in [3.8, 4) is 11.8 Å². The lowest BCUT2D eigenvalue weighted by Gasteiger charge is -2.40. The molecule has 0 saturated carbocycles. The molecule has 1 heterocycles. The second kappa shape index (κ2) is 9.28. The lowest BCUT2D eigenvalue weighted by Crippen LogP contribution is -2.61. The number of benzene rings is 1. The normalized spacial score (nSPS) is 27.6. The SMILES string of the molecule is COC(=O)c1ccc(O[C@H]2O[C@H](CNS(=O)(=O)CC#N)[C@@H](O)[C@H](O)[C@@H]2O)cc1. The Morgan fingerprint density at radius 1 is 1.21 bits per heavy atom. The van der Waals surface area contributed by atoms with Gasteiger partial charge in [0.25, 0.3) is 0 Å². The second-order valence-corrected chi connectivity index (χ2v) is 7.72. The van der Waals surface area contributed by atoms with Gasteiger partial charge in [0.1, 0.15) is 30.2 Å². The van der Waals surface area contributed by atoms with Gasteiger partial charge in [-0.3, -0.25) is 0 Å². The van der Waals surface area contributed by atoms with Gasteiger partial charge in [0.05, 0.1) is 18.7 Å². The Bertz CT molecular complexity index is 822. The number of methoxy groups -OCH3 is 1. The zero-order chi connectivity index (χ0) is 20.9. The third kappa shape index (κ3) is 5.38. The van der Waals surface area contributed by atoms with Crippen molar-refractivity contribution in [2.24, 2.45) is 0 Å². The van der Waals surface area contributed by atoms with Crippen LogP contribution in [0, 0.1) is 11.3 Å². The van der Waals surface area contributed by atoms with Gasteiger partial charge in [-0.25, -0.2) is 17.9 Å². The minimum atomic E-state index is -3.91. The molecule has 1 aliphatic rings. The van der Waals surface area contributed by atoms with Gasteiger partial charge in [-0.15, -0.1) is 0 Å². The van der Waals surface area contributed by atoms with E-state index in [0.717, 1.165) is 0 Å². The number of sulfonamides is 1. The smallest absolute Gasteiger partial charge is 0.337 e. The molecule has 1 saturated heterocycles. The maximum Gasteiger partial charge on any atom is 0.337 e. The number of nitriles is 1. The van der Waals surface area contributed by atoms with E-state index in [1.165, 1.54) is 37.4 Å². The topological polar surface area (TPSA) is 175 Å². The molecular formula is C16H20N2O9S. The molecule has 4 N–H and O–H groups in total. The van der Waals surface area contributed by atoms with E-state index in [4.69, 9.17) is 14.7 Å². The van der Waals surface area contributed by atoms with Gasteiger partial charge in [0.15, 0.2) is 5.75 Å². The highest BCUT2D eigenvalue weighted by Crippen LogP contribution is 2.24. The Hall–Kier alpha value is -2.27. The van der Waals surface area contributed by atoms with Crippen LogP contribution in [0.5, 0.6) is 5.75 Å². The van der Waals surface area contributed by atoms with Gasteiger partial charge in [0.2, 0.25) is 16.3 Å². The van der Waals surface area contributed by atoms with E-state index in [0.29, 0.717) is 0 Å². The van der Waals surface area contributed by atoms with Crippen LogP contribution in [0.25, 0.3) is 0 Å². The molecule has 1 aromatic rings. The molecule has 0 spiro atoms.